The zero-order valence-corrected chi connectivity index (χ0v) is 11.7. The molecule has 0 aliphatic heterocycles. The lowest BCUT2D eigenvalue weighted by molar-refractivity contribution is 0.0697. The topological polar surface area (TPSA) is 69.9 Å². The standard InChI is InChI=1S/C7H6O2.C6H9Cl2NO/c8-7(9)6-4-2-1-3-5-6;7-4-2-1-3-5(9-10)6(4)8/h1-5H,(H,8,9);4,6,10H,1-3H2. The second-order valence-electron chi connectivity index (χ2n) is 4.07. The van der Waals surface area contributed by atoms with Crippen molar-refractivity contribution in [1.82, 2.24) is 0 Å². The monoisotopic (exact) mass is 303 g/mol. The van der Waals surface area contributed by atoms with E-state index in [2.05, 4.69) is 5.16 Å². The van der Waals surface area contributed by atoms with Gasteiger partial charge in [0.2, 0.25) is 0 Å². The van der Waals surface area contributed by atoms with Crippen LogP contribution in [0.25, 0.3) is 0 Å². The Kier molecular flexibility index (Phi) is 6.67. The predicted octanol–water partition coefficient (Wildman–Crippen LogP) is 3.60. The maximum absolute atomic E-state index is 10.2. The largest absolute Gasteiger partial charge is 0.478 e. The second kappa shape index (κ2) is 8.02. The minimum atomic E-state index is -0.879. The van der Waals surface area contributed by atoms with Gasteiger partial charge in [0.05, 0.1) is 22.0 Å². The lowest BCUT2D eigenvalue weighted by Gasteiger charge is -2.21. The SMILES string of the molecule is O=C(O)c1ccccc1.ON=C1CCCC(Cl)C1Cl. The smallest absolute Gasteiger partial charge is 0.335 e. The number of carbonyl (C=O) groups is 1. The molecule has 0 heterocycles. The minimum Gasteiger partial charge on any atom is -0.478 e. The normalized spacial score (nSPS) is 24.4. The average Bonchev–Trinajstić information content (AvgIpc) is 2.43. The van der Waals surface area contributed by atoms with E-state index in [9.17, 15) is 4.79 Å². The van der Waals surface area contributed by atoms with E-state index in [1.165, 1.54) is 0 Å². The van der Waals surface area contributed by atoms with Gasteiger partial charge >= 0.3 is 5.97 Å². The molecule has 0 bridgehead atoms. The van der Waals surface area contributed by atoms with Crippen LogP contribution in [0.15, 0.2) is 35.5 Å². The average molecular weight is 304 g/mol. The molecule has 0 aromatic heterocycles. The third kappa shape index (κ3) is 5.09. The highest BCUT2D eigenvalue weighted by Gasteiger charge is 2.26. The number of carboxylic acids is 1. The van der Waals surface area contributed by atoms with Gasteiger partial charge in [0.15, 0.2) is 0 Å². The fourth-order valence-electron chi connectivity index (χ4n) is 1.66. The number of hydrogen-bond donors (Lipinski definition) is 2. The van der Waals surface area contributed by atoms with E-state index in [4.69, 9.17) is 33.5 Å². The molecule has 1 aromatic rings. The van der Waals surface area contributed by atoms with Crippen LogP contribution in [0, 0.1) is 0 Å². The first kappa shape index (κ1) is 15.8. The van der Waals surface area contributed by atoms with Crippen LogP contribution in [0.3, 0.4) is 0 Å². The Morgan fingerprint density at radius 1 is 1.26 bits per heavy atom. The first-order chi connectivity index (χ1) is 9.06. The quantitative estimate of drug-likeness (QED) is 0.473. The molecule has 0 spiro atoms. The predicted molar refractivity (Wildman–Crippen MR) is 75.8 cm³/mol. The molecule has 2 atom stereocenters. The van der Waals surface area contributed by atoms with Gasteiger partial charge in [-0.2, -0.15) is 0 Å². The third-order valence-corrected chi connectivity index (χ3v) is 3.85. The first-order valence-corrected chi connectivity index (χ1v) is 6.71. The molecule has 1 aliphatic rings. The van der Waals surface area contributed by atoms with Crippen LogP contribution in [0.2, 0.25) is 0 Å². The molecule has 2 unspecified atom stereocenters. The Morgan fingerprint density at radius 3 is 2.32 bits per heavy atom. The van der Waals surface area contributed by atoms with Crippen molar-refractivity contribution < 1.29 is 15.1 Å². The van der Waals surface area contributed by atoms with Gasteiger partial charge in [-0.1, -0.05) is 23.4 Å². The molecule has 1 fully saturated rings. The molecule has 4 nitrogen and oxygen atoms in total. The van der Waals surface area contributed by atoms with Gasteiger partial charge in [-0.25, -0.2) is 4.79 Å². The van der Waals surface area contributed by atoms with Crippen molar-refractivity contribution in [2.75, 3.05) is 0 Å². The Morgan fingerprint density at radius 2 is 1.89 bits per heavy atom. The number of benzene rings is 1. The van der Waals surface area contributed by atoms with E-state index in [1.807, 2.05) is 0 Å². The summed E-state index contributed by atoms with van der Waals surface area (Å²) >= 11 is 11.6. The first-order valence-electron chi connectivity index (χ1n) is 5.83. The number of halogens is 2. The summed E-state index contributed by atoms with van der Waals surface area (Å²) in [7, 11) is 0. The highest BCUT2D eigenvalue weighted by atomic mass is 35.5. The van der Waals surface area contributed by atoms with Crippen molar-refractivity contribution in [3.8, 4) is 0 Å². The van der Waals surface area contributed by atoms with Gasteiger partial charge < -0.3 is 10.3 Å². The number of hydrogen-bond acceptors (Lipinski definition) is 3. The Hall–Kier alpha value is -1.26. The Balaban J connectivity index is 0.000000191. The van der Waals surface area contributed by atoms with Crippen LogP contribution in [-0.4, -0.2) is 32.7 Å². The summed E-state index contributed by atoms with van der Waals surface area (Å²) in [5.41, 5.74) is 0.949. The highest BCUT2D eigenvalue weighted by molar-refractivity contribution is 6.38. The molecule has 104 valence electrons. The molecule has 6 heteroatoms. The Labute approximate surface area is 121 Å². The van der Waals surface area contributed by atoms with Crippen molar-refractivity contribution in [3.63, 3.8) is 0 Å². The van der Waals surface area contributed by atoms with Crippen LogP contribution in [-0.2, 0) is 0 Å². The highest BCUT2D eigenvalue weighted by Crippen LogP contribution is 2.25. The molecule has 1 saturated carbocycles. The molecule has 0 amide bonds. The fraction of sp³-hybridized carbons (Fsp3) is 0.385. The van der Waals surface area contributed by atoms with E-state index >= 15 is 0 Å². The lowest BCUT2D eigenvalue weighted by Crippen LogP contribution is -2.29. The van der Waals surface area contributed by atoms with E-state index in [0.29, 0.717) is 11.3 Å². The summed E-state index contributed by atoms with van der Waals surface area (Å²) in [6.07, 6.45) is 2.65. The van der Waals surface area contributed by atoms with E-state index < -0.39 is 5.97 Å². The summed E-state index contributed by atoms with van der Waals surface area (Å²) in [5, 5.41) is 19.5. The van der Waals surface area contributed by atoms with Gasteiger partial charge in [0.25, 0.3) is 0 Å². The fourth-order valence-corrected chi connectivity index (χ4v) is 2.24. The lowest BCUT2D eigenvalue weighted by atomic mass is 9.98. The maximum atomic E-state index is 10.2. The number of rotatable bonds is 1. The van der Waals surface area contributed by atoms with E-state index in [1.54, 1.807) is 30.3 Å². The summed E-state index contributed by atoms with van der Waals surface area (Å²) in [6, 6.07) is 8.30. The summed E-state index contributed by atoms with van der Waals surface area (Å²) in [4.78, 5) is 10.2. The number of alkyl halides is 2. The second-order valence-corrected chi connectivity index (χ2v) is 5.10. The van der Waals surface area contributed by atoms with E-state index in [0.717, 1.165) is 19.3 Å². The summed E-state index contributed by atoms with van der Waals surface area (Å²) in [5.74, 6) is -0.879. The summed E-state index contributed by atoms with van der Waals surface area (Å²) in [6.45, 7) is 0. The van der Waals surface area contributed by atoms with Crippen LogP contribution >= 0.6 is 23.2 Å². The zero-order valence-electron chi connectivity index (χ0n) is 10.2. The number of aromatic carboxylic acids is 1. The number of carboxylic acid groups (broad SMARTS) is 1. The molecule has 1 aliphatic carbocycles. The van der Waals surface area contributed by atoms with Gasteiger partial charge in [0, 0.05) is 0 Å². The third-order valence-electron chi connectivity index (χ3n) is 2.70. The molecule has 0 saturated heterocycles. The molecule has 2 rings (SSSR count). The molecule has 0 radical (unpaired) electrons. The Bertz CT molecular complexity index is 437. The van der Waals surface area contributed by atoms with Crippen molar-refractivity contribution in [2.24, 2.45) is 5.16 Å². The molecule has 2 N–H and O–H groups in total. The van der Waals surface area contributed by atoms with Gasteiger partial charge in [0.1, 0.15) is 0 Å². The molecule has 19 heavy (non-hydrogen) atoms. The van der Waals surface area contributed by atoms with E-state index in [-0.39, 0.29) is 10.8 Å². The minimum absolute atomic E-state index is 0.0682. The van der Waals surface area contributed by atoms with Crippen molar-refractivity contribution >= 4 is 34.9 Å². The van der Waals surface area contributed by atoms with Crippen LogP contribution in [0.1, 0.15) is 29.6 Å². The van der Waals surface area contributed by atoms with Crippen molar-refractivity contribution in [2.45, 2.75) is 30.0 Å². The van der Waals surface area contributed by atoms with Gasteiger partial charge in [-0.3, -0.25) is 0 Å². The zero-order chi connectivity index (χ0) is 14.3. The molecular formula is C13H15Cl2NO3. The molecular weight excluding hydrogens is 289 g/mol. The number of oxime groups is 1. The van der Waals surface area contributed by atoms with Gasteiger partial charge in [-0.15, -0.1) is 23.2 Å². The van der Waals surface area contributed by atoms with Crippen molar-refractivity contribution in [3.05, 3.63) is 35.9 Å². The van der Waals surface area contributed by atoms with Crippen LogP contribution in [0.4, 0.5) is 0 Å². The number of nitrogens with zero attached hydrogens (tertiary/aromatic N) is 1. The maximum Gasteiger partial charge on any atom is 0.335 e. The molecule has 1 aromatic carbocycles. The van der Waals surface area contributed by atoms with Crippen LogP contribution < -0.4 is 0 Å². The summed E-state index contributed by atoms with van der Waals surface area (Å²) < 4.78 is 0. The van der Waals surface area contributed by atoms with Crippen molar-refractivity contribution in [1.29, 1.82) is 0 Å². The van der Waals surface area contributed by atoms with Crippen LogP contribution in [0.5, 0.6) is 0 Å². The van der Waals surface area contributed by atoms with Gasteiger partial charge in [-0.05, 0) is 31.4 Å².